The molecule has 0 aliphatic heterocycles. The van der Waals surface area contributed by atoms with Gasteiger partial charge in [-0.1, -0.05) is 0 Å². The van der Waals surface area contributed by atoms with Gasteiger partial charge in [0.1, 0.15) is 12.7 Å². The van der Waals surface area contributed by atoms with Crippen molar-refractivity contribution in [1.82, 2.24) is 14.8 Å². The van der Waals surface area contributed by atoms with E-state index in [-0.39, 0.29) is 5.54 Å². The first kappa shape index (κ1) is 7.21. The molecule has 1 heterocycles. The number of rotatable bonds is 2. The topological polar surface area (TPSA) is 56.7 Å². The highest BCUT2D eigenvalue weighted by molar-refractivity contribution is 4.77. The molecule has 0 unspecified atom stereocenters. The fourth-order valence-electron chi connectivity index (χ4n) is 0.614. The Morgan fingerprint density at radius 2 is 2.30 bits per heavy atom. The number of nitrogens with zero attached hydrogens (tertiary/aromatic N) is 3. The van der Waals surface area contributed by atoms with Gasteiger partial charge in [0, 0.05) is 6.54 Å². The number of hydrogen-bond donors (Lipinski definition) is 1. The van der Waals surface area contributed by atoms with E-state index in [1.165, 1.54) is 6.33 Å². The van der Waals surface area contributed by atoms with Crippen molar-refractivity contribution in [3.05, 3.63) is 12.7 Å². The lowest BCUT2D eigenvalue weighted by atomic mass is 10.1. The summed E-state index contributed by atoms with van der Waals surface area (Å²) in [6.07, 6.45) is 3.18. The molecule has 0 amide bonds. The Balaban J connectivity index is 2.85. The van der Waals surface area contributed by atoms with E-state index in [4.69, 9.17) is 5.73 Å². The Hall–Kier alpha value is -0.900. The minimum Gasteiger partial charge on any atom is -0.328 e. The maximum Gasteiger partial charge on any atom is 0.137 e. The average molecular weight is 140 g/mol. The Morgan fingerprint density at radius 1 is 1.60 bits per heavy atom. The molecule has 1 aromatic heterocycles. The second-order valence-electron chi connectivity index (χ2n) is 2.86. The summed E-state index contributed by atoms with van der Waals surface area (Å²) in [6, 6.07) is 0. The molecule has 0 radical (unpaired) electrons. The van der Waals surface area contributed by atoms with Gasteiger partial charge >= 0.3 is 0 Å². The summed E-state index contributed by atoms with van der Waals surface area (Å²) in [7, 11) is 0. The zero-order valence-electron chi connectivity index (χ0n) is 6.28. The van der Waals surface area contributed by atoms with E-state index < -0.39 is 0 Å². The van der Waals surface area contributed by atoms with Crippen LogP contribution in [0.25, 0.3) is 0 Å². The van der Waals surface area contributed by atoms with Crippen LogP contribution in [0, 0.1) is 0 Å². The van der Waals surface area contributed by atoms with Crippen LogP contribution >= 0.6 is 0 Å². The smallest absolute Gasteiger partial charge is 0.137 e. The minimum atomic E-state index is -0.115. The first-order valence-corrected chi connectivity index (χ1v) is 3.22. The van der Waals surface area contributed by atoms with E-state index in [0.29, 0.717) is 6.54 Å². The van der Waals surface area contributed by atoms with Crippen LogP contribution in [-0.2, 0) is 5.54 Å². The fraction of sp³-hybridized carbons (Fsp3) is 0.667. The third kappa shape index (κ3) is 1.16. The van der Waals surface area contributed by atoms with Crippen LogP contribution in [0.5, 0.6) is 0 Å². The quantitative estimate of drug-likeness (QED) is 0.627. The van der Waals surface area contributed by atoms with Crippen LogP contribution in [0.2, 0.25) is 0 Å². The molecule has 0 aliphatic carbocycles. The molecule has 0 saturated heterocycles. The van der Waals surface area contributed by atoms with Crippen molar-refractivity contribution in [3.63, 3.8) is 0 Å². The molecule has 1 rings (SSSR count). The molecule has 0 atom stereocenters. The summed E-state index contributed by atoms with van der Waals surface area (Å²) in [4.78, 5) is 3.83. The predicted octanol–water partition coefficient (Wildman–Crippen LogP) is -0.0281. The Bertz CT molecular complexity index is 190. The highest BCUT2D eigenvalue weighted by atomic mass is 15.4. The molecule has 0 spiro atoms. The fourth-order valence-corrected chi connectivity index (χ4v) is 0.614. The van der Waals surface area contributed by atoms with Crippen molar-refractivity contribution < 1.29 is 0 Å². The third-order valence-electron chi connectivity index (χ3n) is 1.54. The van der Waals surface area contributed by atoms with Crippen molar-refractivity contribution in [2.24, 2.45) is 5.73 Å². The lowest BCUT2D eigenvalue weighted by Crippen LogP contribution is -2.35. The third-order valence-corrected chi connectivity index (χ3v) is 1.54. The average Bonchev–Trinajstić information content (AvgIpc) is 2.38. The molecule has 4 nitrogen and oxygen atoms in total. The van der Waals surface area contributed by atoms with Crippen LogP contribution in [0.1, 0.15) is 13.8 Å². The summed E-state index contributed by atoms with van der Waals surface area (Å²) in [5.41, 5.74) is 5.39. The van der Waals surface area contributed by atoms with Crippen LogP contribution in [0.15, 0.2) is 12.7 Å². The Kier molecular flexibility index (Phi) is 1.72. The molecular weight excluding hydrogens is 128 g/mol. The second-order valence-corrected chi connectivity index (χ2v) is 2.86. The molecule has 4 heteroatoms. The zero-order valence-corrected chi connectivity index (χ0v) is 6.28. The van der Waals surface area contributed by atoms with Crippen molar-refractivity contribution in [1.29, 1.82) is 0 Å². The molecule has 0 saturated carbocycles. The molecule has 2 N–H and O–H groups in total. The largest absolute Gasteiger partial charge is 0.328 e. The number of nitrogens with two attached hydrogens (primary N) is 1. The molecule has 0 aliphatic rings. The van der Waals surface area contributed by atoms with Gasteiger partial charge in [0.2, 0.25) is 0 Å². The van der Waals surface area contributed by atoms with Crippen molar-refractivity contribution in [2.75, 3.05) is 6.54 Å². The summed E-state index contributed by atoms with van der Waals surface area (Å²) in [5, 5.41) is 3.98. The maximum atomic E-state index is 5.51. The van der Waals surface area contributed by atoms with Gasteiger partial charge in [-0.05, 0) is 13.8 Å². The van der Waals surface area contributed by atoms with E-state index in [1.807, 2.05) is 13.8 Å². The van der Waals surface area contributed by atoms with Gasteiger partial charge in [-0.25, -0.2) is 9.67 Å². The van der Waals surface area contributed by atoms with E-state index in [2.05, 4.69) is 10.1 Å². The highest BCUT2D eigenvalue weighted by Gasteiger charge is 2.17. The molecule has 0 bridgehead atoms. The molecule has 0 fully saturated rings. The Labute approximate surface area is 60.1 Å². The SMILES string of the molecule is CC(C)(CN)n1cncn1. The molecular formula is C6H12N4. The predicted molar refractivity (Wildman–Crippen MR) is 38.4 cm³/mol. The van der Waals surface area contributed by atoms with Gasteiger partial charge in [0.25, 0.3) is 0 Å². The van der Waals surface area contributed by atoms with Gasteiger partial charge in [-0.3, -0.25) is 0 Å². The van der Waals surface area contributed by atoms with Gasteiger partial charge < -0.3 is 5.73 Å². The van der Waals surface area contributed by atoms with Gasteiger partial charge in [-0.15, -0.1) is 0 Å². The summed E-state index contributed by atoms with van der Waals surface area (Å²) in [5.74, 6) is 0. The summed E-state index contributed by atoms with van der Waals surface area (Å²) >= 11 is 0. The summed E-state index contributed by atoms with van der Waals surface area (Å²) < 4.78 is 1.76. The van der Waals surface area contributed by atoms with Gasteiger partial charge in [-0.2, -0.15) is 5.10 Å². The first-order chi connectivity index (χ1) is 4.67. The number of aromatic nitrogens is 3. The molecule has 0 aromatic carbocycles. The molecule has 1 aromatic rings. The highest BCUT2D eigenvalue weighted by Crippen LogP contribution is 2.08. The van der Waals surface area contributed by atoms with E-state index >= 15 is 0 Å². The van der Waals surface area contributed by atoms with Crippen LogP contribution < -0.4 is 5.73 Å². The number of hydrogen-bond acceptors (Lipinski definition) is 3. The van der Waals surface area contributed by atoms with Gasteiger partial charge in [0.05, 0.1) is 5.54 Å². The lowest BCUT2D eigenvalue weighted by molar-refractivity contribution is 0.329. The van der Waals surface area contributed by atoms with Crippen molar-refractivity contribution in [3.8, 4) is 0 Å². The molecule has 10 heavy (non-hydrogen) atoms. The normalized spacial score (nSPS) is 11.9. The van der Waals surface area contributed by atoms with Crippen LogP contribution in [-0.4, -0.2) is 21.3 Å². The summed E-state index contributed by atoms with van der Waals surface area (Å²) in [6.45, 7) is 4.60. The standard InChI is InChI=1S/C6H12N4/c1-6(2,3-7)10-5-8-4-9-10/h4-5H,3,7H2,1-2H3. The van der Waals surface area contributed by atoms with E-state index in [9.17, 15) is 0 Å². The maximum absolute atomic E-state index is 5.51. The molecule has 56 valence electrons. The monoisotopic (exact) mass is 140 g/mol. The zero-order chi connectivity index (χ0) is 7.61. The van der Waals surface area contributed by atoms with E-state index in [0.717, 1.165) is 0 Å². The van der Waals surface area contributed by atoms with Crippen LogP contribution in [0.4, 0.5) is 0 Å². The van der Waals surface area contributed by atoms with Crippen molar-refractivity contribution >= 4 is 0 Å². The Morgan fingerprint density at radius 3 is 2.70 bits per heavy atom. The second kappa shape index (κ2) is 2.38. The van der Waals surface area contributed by atoms with Gasteiger partial charge in [0.15, 0.2) is 0 Å². The minimum absolute atomic E-state index is 0.115. The van der Waals surface area contributed by atoms with Crippen LogP contribution in [0.3, 0.4) is 0 Å². The van der Waals surface area contributed by atoms with Crippen molar-refractivity contribution in [2.45, 2.75) is 19.4 Å². The first-order valence-electron chi connectivity index (χ1n) is 3.22. The lowest BCUT2D eigenvalue weighted by Gasteiger charge is -2.21. The van der Waals surface area contributed by atoms with E-state index in [1.54, 1.807) is 11.0 Å².